The van der Waals surface area contributed by atoms with Crippen LogP contribution < -0.4 is 10.9 Å². The van der Waals surface area contributed by atoms with Crippen LogP contribution in [-0.2, 0) is 19.6 Å². The lowest BCUT2D eigenvalue weighted by molar-refractivity contribution is 0.0574. The fraction of sp³-hybridized carbons (Fsp3) is 0.600. The first-order valence-electron chi connectivity index (χ1n) is 10.0. The third kappa shape index (κ3) is 4.11. The molecule has 0 aliphatic carbocycles. The van der Waals surface area contributed by atoms with Gasteiger partial charge in [-0.2, -0.15) is 5.10 Å². The predicted molar refractivity (Wildman–Crippen MR) is 116 cm³/mol. The summed E-state index contributed by atoms with van der Waals surface area (Å²) in [5.74, 6) is 0.658. The number of hydrogen-bond donors (Lipinski definition) is 2. The maximum Gasteiger partial charge on any atom is 0.251 e. The van der Waals surface area contributed by atoms with Crippen molar-refractivity contribution in [2.24, 2.45) is 5.92 Å². The maximum atomic E-state index is 12.4. The third-order valence-corrected chi connectivity index (χ3v) is 6.39. The number of hydrogen-bond acceptors (Lipinski definition) is 5. The van der Waals surface area contributed by atoms with Gasteiger partial charge in [0, 0.05) is 50.4 Å². The molecule has 29 heavy (non-hydrogen) atoms. The van der Waals surface area contributed by atoms with E-state index in [-0.39, 0.29) is 43.0 Å². The van der Waals surface area contributed by atoms with Crippen molar-refractivity contribution in [1.82, 2.24) is 24.6 Å². The monoisotopic (exact) mass is 441 g/mol. The molecule has 2 bridgehead atoms. The number of aryl methyl sites for hydroxylation is 1. The summed E-state index contributed by atoms with van der Waals surface area (Å²) in [7, 11) is 0. The summed E-state index contributed by atoms with van der Waals surface area (Å²) in [6.07, 6.45) is 2.17. The van der Waals surface area contributed by atoms with Crippen molar-refractivity contribution in [3.63, 3.8) is 0 Å². The molecule has 3 aliphatic heterocycles. The van der Waals surface area contributed by atoms with E-state index in [0.717, 1.165) is 63.5 Å². The Morgan fingerprint density at radius 2 is 2.10 bits per heavy atom. The van der Waals surface area contributed by atoms with Crippen LogP contribution in [0.4, 0.5) is 0 Å². The number of likely N-dealkylation sites (tertiary alicyclic amines) is 1. The second-order valence-corrected chi connectivity index (χ2v) is 8.18. The van der Waals surface area contributed by atoms with Gasteiger partial charge in [-0.3, -0.25) is 14.4 Å². The third-order valence-electron chi connectivity index (χ3n) is 6.39. The summed E-state index contributed by atoms with van der Waals surface area (Å²) in [5, 5.41) is 18.3. The number of nitrogens with zero attached hydrogens (tertiary/aromatic N) is 4. The van der Waals surface area contributed by atoms with Crippen LogP contribution in [0, 0.1) is 5.92 Å². The number of pyridine rings is 1. The minimum absolute atomic E-state index is 0. The van der Waals surface area contributed by atoms with Crippen LogP contribution in [0.2, 0.25) is 0 Å². The molecule has 160 valence electrons. The van der Waals surface area contributed by atoms with Crippen molar-refractivity contribution >= 4 is 24.8 Å². The highest BCUT2D eigenvalue weighted by atomic mass is 35.5. The number of nitrogens with one attached hydrogen (secondary N) is 1. The molecule has 0 aromatic carbocycles. The van der Waals surface area contributed by atoms with Crippen molar-refractivity contribution in [3.8, 4) is 0 Å². The zero-order valence-electron chi connectivity index (χ0n) is 16.4. The molecule has 0 saturated carbocycles. The highest BCUT2D eigenvalue weighted by molar-refractivity contribution is 5.85. The fourth-order valence-corrected chi connectivity index (χ4v) is 5.23. The first-order valence-corrected chi connectivity index (χ1v) is 10.0. The zero-order chi connectivity index (χ0) is 18.4. The van der Waals surface area contributed by atoms with Crippen LogP contribution in [0.3, 0.4) is 0 Å². The molecule has 3 atom stereocenters. The van der Waals surface area contributed by atoms with E-state index < -0.39 is 0 Å². The highest BCUT2D eigenvalue weighted by Crippen LogP contribution is 2.41. The van der Waals surface area contributed by atoms with E-state index in [0.29, 0.717) is 11.8 Å². The van der Waals surface area contributed by atoms with Gasteiger partial charge >= 0.3 is 0 Å². The van der Waals surface area contributed by atoms with Crippen LogP contribution in [0.15, 0.2) is 29.1 Å². The molecule has 3 aliphatic rings. The lowest BCUT2D eigenvalue weighted by Gasteiger charge is -2.46. The molecule has 5 heterocycles. The molecule has 7 nitrogen and oxygen atoms in total. The summed E-state index contributed by atoms with van der Waals surface area (Å²) in [5.41, 5.74) is 3.48. The van der Waals surface area contributed by atoms with Crippen LogP contribution in [-0.4, -0.2) is 50.6 Å². The molecule has 2 N–H and O–H groups in total. The van der Waals surface area contributed by atoms with Gasteiger partial charge in [0.05, 0.1) is 24.0 Å². The Morgan fingerprint density at radius 3 is 2.93 bits per heavy atom. The molecule has 0 amide bonds. The van der Waals surface area contributed by atoms with Crippen molar-refractivity contribution in [2.45, 2.75) is 44.4 Å². The van der Waals surface area contributed by atoms with E-state index in [2.05, 4.69) is 27.0 Å². The van der Waals surface area contributed by atoms with Gasteiger partial charge in [-0.15, -0.1) is 24.8 Å². The Hall–Kier alpha value is -1.38. The van der Waals surface area contributed by atoms with E-state index in [1.807, 2.05) is 10.6 Å². The molecule has 2 aromatic heterocycles. The SMILES string of the molecule is Cl.Cl.O=c1cccc2n1[C@@H](CO)[C@H]1C[C@@H]2CN(Cc2cc3n(n2)CCCNC3)C1. The number of aliphatic hydroxyl groups is 1. The van der Waals surface area contributed by atoms with E-state index >= 15 is 0 Å². The van der Waals surface area contributed by atoms with Gasteiger partial charge in [0.2, 0.25) is 0 Å². The van der Waals surface area contributed by atoms with Crippen molar-refractivity contribution in [1.29, 1.82) is 0 Å². The lowest BCUT2D eigenvalue weighted by Crippen LogP contribution is -2.50. The normalized spacial score (nSPS) is 25.8. The Kier molecular flexibility index (Phi) is 7.06. The number of piperidine rings is 1. The van der Waals surface area contributed by atoms with Crippen molar-refractivity contribution in [3.05, 3.63) is 51.7 Å². The van der Waals surface area contributed by atoms with Gasteiger partial charge in [0.25, 0.3) is 5.56 Å². The van der Waals surface area contributed by atoms with Crippen LogP contribution in [0.5, 0.6) is 0 Å². The van der Waals surface area contributed by atoms with E-state index in [1.54, 1.807) is 6.07 Å². The minimum Gasteiger partial charge on any atom is -0.394 e. The molecule has 9 heteroatoms. The van der Waals surface area contributed by atoms with Gasteiger partial charge in [0.1, 0.15) is 0 Å². The van der Waals surface area contributed by atoms with E-state index in [1.165, 1.54) is 5.69 Å². The molecular weight excluding hydrogens is 413 g/mol. The van der Waals surface area contributed by atoms with Crippen molar-refractivity contribution in [2.75, 3.05) is 26.2 Å². The van der Waals surface area contributed by atoms with Gasteiger partial charge in [0.15, 0.2) is 0 Å². The second kappa shape index (κ2) is 9.18. The van der Waals surface area contributed by atoms with E-state index in [4.69, 9.17) is 5.10 Å². The fourth-order valence-electron chi connectivity index (χ4n) is 5.23. The molecule has 2 aromatic rings. The van der Waals surface area contributed by atoms with Crippen LogP contribution in [0.25, 0.3) is 0 Å². The molecule has 1 saturated heterocycles. The maximum absolute atomic E-state index is 12.4. The molecule has 5 rings (SSSR count). The van der Waals surface area contributed by atoms with Crippen molar-refractivity contribution < 1.29 is 5.11 Å². The summed E-state index contributed by atoms with van der Waals surface area (Å²) in [6, 6.07) is 7.62. The largest absolute Gasteiger partial charge is 0.394 e. The molecule has 1 fully saturated rings. The predicted octanol–water partition coefficient (Wildman–Crippen LogP) is 1.53. The van der Waals surface area contributed by atoms with Gasteiger partial charge in [-0.1, -0.05) is 6.07 Å². The first-order chi connectivity index (χ1) is 13.2. The average molecular weight is 442 g/mol. The first kappa shape index (κ1) is 22.3. The molecule has 0 unspecified atom stereocenters. The Labute approximate surface area is 182 Å². The van der Waals surface area contributed by atoms with Crippen LogP contribution >= 0.6 is 24.8 Å². The average Bonchev–Trinajstić information content (AvgIpc) is 2.91. The topological polar surface area (TPSA) is 75.3 Å². The molecular formula is C20H29Cl2N5O2. The number of fused-ring (bicyclic) bond motifs is 5. The summed E-state index contributed by atoms with van der Waals surface area (Å²) in [6.45, 7) is 5.63. The van der Waals surface area contributed by atoms with Gasteiger partial charge in [-0.25, -0.2) is 0 Å². The van der Waals surface area contributed by atoms with Gasteiger partial charge in [-0.05, 0) is 37.4 Å². The summed E-state index contributed by atoms with van der Waals surface area (Å²) < 4.78 is 3.99. The summed E-state index contributed by atoms with van der Waals surface area (Å²) >= 11 is 0. The number of rotatable bonds is 3. The Morgan fingerprint density at radius 1 is 1.24 bits per heavy atom. The van der Waals surface area contributed by atoms with Crippen LogP contribution in [0.1, 0.15) is 41.9 Å². The Bertz CT molecular complexity index is 876. The quantitative estimate of drug-likeness (QED) is 0.755. The highest BCUT2D eigenvalue weighted by Gasteiger charge is 2.40. The number of halogens is 2. The number of aromatic nitrogens is 3. The van der Waals surface area contributed by atoms with Gasteiger partial charge < -0.3 is 15.0 Å². The standard InChI is InChI=1S/C20H27N5O2.2ClH/c26-13-19-15-7-14(18-3-1-4-20(27)25(18)19)10-23(11-15)12-16-8-17-9-21-5-2-6-24(17)22-16;;/h1,3-4,8,14-15,19,21,26H,2,5-7,9-13H2;2*1H/t14-,15+,19+;;/m1../s1. The molecule has 0 radical (unpaired) electrons. The zero-order valence-corrected chi connectivity index (χ0v) is 18.0. The lowest BCUT2D eigenvalue weighted by atomic mass is 9.78. The number of aliphatic hydroxyl groups excluding tert-OH is 1. The summed E-state index contributed by atoms with van der Waals surface area (Å²) in [4.78, 5) is 14.9. The molecule has 0 spiro atoms. The van der Waals surface area contributed by atoms with E-state index in [9.17, 15) is 9.90 Å². The Balaban J connectivity index is 0.00000120. The smallest absolute Gasteiger partial charge is 0.251 e. The second-order valence-electron chi connectivity index (χ2n) is 8.18. The minimum atomic E-state index is -0.115.